The van der Waals surface area contributed by atoms with Crippen molar-refractivity contribution in [2.75, 3.05) is 12.4 Å². The Morgan fingerprint density at radius 1 is 1.10 bits per heavy atom. The Labute approximate surface area is 302 Å². The summed E-state index contributed by atoms with van der Waals surface area (Å²) in [5, 5.41) is 55.2. The topological polar surface area (TPSA) is 228 Å². The minimum atomic E-state index is -3.61. The number of aliphatic carboxylic acids is 2. The van der Waals surface area contributed by atoms with Crippen molar-refractivity contribution in [2.45, 2.75) is 102 Å². The number of anilines is 1. The van der Waals surface area contributed by atoms with E-state index in [0.29, 0.717) is 17.9 Å². The summed E-state index contributed by atoms with van der Waals surface area (Å²) < 4.78 is 23.0. The number of ether oxygens (including phenoxy) is 3. The molecule has 2 saturated heterocycles. The van der Waals surface area contributed by atoms with Crippen LogP contribution in [0, 0.1) is 23.7 Å². The zero-order chi connectivity index (χ0) is 38.6. The molecule has 1 aromatic carbocycles. The van der Waals surface area contributed by atoms with Crippen molar-refractivity contribution in [3.05, 3.63) is 66.1 Å². The number of hydrogen-bond acceptors (Lipinski definition) is 13. The van der Waals surface area contributed by atoms with Crippen molar-refractivity contribution in [2.24, 2.45) is 23.7 Å². The molecule has 0 spiro atoms. The molecule has 2 bridgehead atoms. The molecule has 52 heavy (non-hydrogen) atoms. The molecular weight excluding hydrogens is 678 g/mol. The molecule has 1 aromatic heterocycles. The number of carboxylic acid groups (broad SMARTS) is 2. The van der Waals surface area contributed by atoms with Gasteiger partial charge in [-0.15, -0.1) is 5.10 Å². The van der Waals surface area contributed by atoms with Gasteiger partial charge in [-0.2, -0.15) is 0 Å². The van der Waals surface area contributed by atoms with Crippen LogP contribution in [0.1, 0.15) is 77.9 Å². The normalized spacial score (nSPS) is 29.2. The van der Waals surface area contributed by atoms with Crippen molar-refractivity contribution < 1.29 is 58.2 Å². The monoisotopic (exact) mass is 727 g/mol. The number of esters is 1. The lowest BCUT2D eigenvalue weighted by molar-refractivity contribution is -0.385. The molecule has 5 N–H and O–H groups in total. The Hall–Kier alpha value is -4.44. The molecule has 2 aromatic rings. The SMILES string of the molecule is C=C(CC[C@]12O[C@H](c3nnc(NC)o3)[C@@](O)(C(=O)O)[C@](C(=O)O)(O1)[C@H](OC(=O)/C=C/[C@@H](C)C[C@@H](C)CC)[C@H]2O)[C@@H](C(C)=O)[C@H](C)Cc1ccccc1. The van der Waals surface area contributed by atoms with Gasteiger partial charge in [0.25, 0.3) is 5.89 Å². The Morgan fingerprint density at radius 2 is 1.77 bits per heavy atom. The van der Waals surface area contributed by atoms with Gasteiger partial charge in [0.15, 0.2) is 12.2 Å². The maximum atomic E-state index is 13.3. The first-order valence-corrected chi connectivity index (χ1v) is 17.3. The van der Waals surface area contributed by atoms with E-state index in [9.17, 15) is 39.6 Å². The molecule has 3 heterocycles. The fourth-order valence-electron chi connectivity index (χ4n) is 7.36. The number of fused-ring (bicyclic) bond motifs is 2. The van der Waals surface area contributed by atoms with Crippen LogP contribution in [-0.2, 0) is 39.8 Å². The van der Waals surface area contributed by atoms with Gasteiger partial charge < -0.3 is 44.4 Å². The van der Waals surface area contributed by atoms with Crippen LogP contribution >= 0.6 is 0 Å². The number of hydrogen-bond donors (Lipinski definition) is 5. The van der Waals surface area contributed by atoms with E-state index in [1.165, 1.54) is 14.0 Å². The van der Waals surface area contributed by atoms with E-state index in [-0.39, 0.29) is 30.1 Å². The molecule has 0 aliphatic carbocycles. The maximum Gasteiger partial charge on any atom is 0.344 e. The van der Waals surface area contributed by atoms with E-state index in [0.717, 1.165) is 24.5 Å². The largest absolute Gasteiger partial charge is 0.479 e. The molecule has 2 aliphatic heterocycles. The Balaban J connectivity index is 1.76. The van der Waals surface area contributed by atoms with Crippen molar-refractivity contribution in [3.8, 4) is 0 Å². The average Bonchev–Trinajstić information content (AvgIpc) is 3.65. The number of benzene rings is 1. The first-order valence-electron chi connectivity index (χ1n) is 17.3. The molecule has 15 nitrogen and oxygen atoms in total. The van der Waals surface area contributed by atoms with Crippen molar-refractivity contribution in [1.82, 2.24) is 10.2 Å². The first-order chi connectivity index (χ1) is 24.5. The zero-order valence-corrected chi connectivity index (χ0v) is 30.3. The third-order valence-corrected chi connectivity index (χ3v) is 10.2. The highest BCUT2D eigenvalue weighted by Crippen LogP contribution is 2.59. The number of aliphatic hydroxyl groups is 2. The molecule has 15 heteroatoms. The highest BCUT2D eigenvalue weighted by Gasteiger charge is 2.85. The van der Waals surface area contributed by atoms with Crippen molar-refractivity contribution in [3.63, 3.8) is 0 Å². The van der Waals surface area contributed by atoms with E-state index < -0.39 is 71.4 Å². The molecule has 10 atom stereocenters. The van der Waals surface area contributed by atoms with Crippen LogP contribution in [0.2, 0.25) is 0 Å². The second-order valence-corrected chi connectivity index (χ2v) is 14.0. The minimum absolute atomic E-state index is 0.0849. The van der Waals surface area contributed by atoms with E-state index in [1.807, 2.05) is 51.1 Å². The highest BCUT2D eigenvalue weighted by molar-refractivity contribution is 5.94. The van der Waals surface area contributed by atoms with Crippen LogP contribution in [0.15, 0.2) is 59.1 Å². The molecule has 284 valence electrons. The molecule has 4 rings (SSSR count). The number of aliphatic hydroxyl groups excluding tert-OH is 1. The summed E-state index contributed by atoms with van der Waals surface area (Å²) in [6.45, 7) is 13.4. The van der Waals surface area contributed by atoms with E-state index in [4.69, 9.17) is 18.6 Å². The molecular formula is C37H49N3O12. The predicted molar refractivity (Wildman–Crippen MR) is 185 cm³/mol. The number of nitrogens with zero attached hydrogens (tertiary/aromatic N) is 2. The van der Waals surface area contributed by atoms with Crippen LogP contribution in [0.5, 0.6) is 0 Å². The predicted octanol–water partition coefficient (Wildman–Crippen LogP) is 3.87. The van der Waals surface area contributed by atoms with Crippen molar-refractivity contribution >= 4 is 29.7 Å². The number of aromatic nitrogens is 2. The average molecular weight is 728 g/mol. The second kappa shape index (κ2) is 16.1. The summed E-state index contributed by atoms with van der Waals surface area (Å²) in [5.74, 6) is -9.32. The third-order valence-electron chi connectivity index (χ3n) is 10.2. The highest BCUT2D eigenvalue weighted by atomic mass is 16.8. The van der Waals surface area contributed by atoms with E-state index >= 15 is 0 Å². The van der Waals surface area contributed by atoms with Gasteiger partial charge in [-0.3, -0.25) is 4.79 Å². The number of carbonyl (C=O) groups is 4. The fraction of sp³-hybridized carbons (Fsp3) is 0.568. The summed E-state index contributed by atoms with van der Waals surface area (Å²) in [6, 6.07) is 9.29. The molecule has 0 saturated carbocycles. The van der Waals surface area contributed by atoms with Gasteiger partial charge in [0.2, 0.25) is 17.0 Å². The van der Waals surface area contributed by atoms with Gasteiger partial charge in [0.1, 0.15) is 11.9 Å². The molecule has 2 fully saturated rings. The summed E-state index contributed by atoms with van der Waals surface area (Å²) in [7, 11) is 1.42. The summed E-state index contributed by atoms with van der Waals surface area (Å²) in [4.78, 5) is 52.6. The number of Topliss-reactive ketones (excluding diaryl/α,β-unsaturated/α-hetero) is 1. The summed E-state index contributed by atoms with van der Waals surface area (Å²) in [5.41, 5.74) is -5.59. The summed E-state index contributed by atoms with van der Waals surface area (Å²) in [6.07, 6.45) is -2.53. The molecule has 0 unspecified atom stereocenters. The number of allylic oxidation sites excluding steroid dienone is 2. The van der Waals surface area contributed by atoms with Gasteiger partial charge in [-0.25, -0.2) is 14.4 Å². The van der Waals surface area contributed by atoms with Gasteiger partial charge in [-0.1, -0.05) is 87.8 Å². The smallest absolute Gasteiger partial charge is 0.344 e. The van der Waals surface area contributed by atoms with E-state index in [1.54, 1.807) is 6.08 Å². The lowest BCUT2D eigenvalue weighted by Crippen LogP contribution is -2.74. The number of carboxylic acids is 2. The lowest BCUT2D eigenvalue weighted by atomic mass is 9.74. The minimum Gasteiger partial charge on any atom is -0.479 e. The Kier molecular flexibility index (Phi) is 12.5. The summed E-state index contributed by atoms with van der Waals surface area (Å²) >= 11 is 0. The second-order valence-electron chi connectivity index (χ2n) is 14.0. The van der Waals surface area contributed by atoms with E-state index in [2.05, 4.69) is 29.0 Å². The number of rotatable bonds is 18. The lowest BCUT2D eigenvalue weighted by Gasteiger charge is -2.49. The van der Waals surface area contributed by atoms with Gasteiger partial charge in [0, 0.05) is 25.5 Å². The van der Waals surface area contributed by atoms with Crippen LogP contribution in [0.25, 0.3) is 0 Å². The zero-order valence-electron chi connectivity index (χ0n) is 30.3. The maximum absolute atomic E-state index is 13.3. The Morgan fingerprint density at radius 3 is 2.33 bits per heavy atom. The number of ketones is 1. The molecule has 0 radical (unpaired) electrons. The van der Waals surface area contributed by atoms with Gasteiger partial charge >= 0.3 is 23.9 Å². The van der Waals surface area contributed by atoms with Gasteiger partial charge in [-0.05, 0) is 49.5 Å². The molecule has 0 amide bonds. The van der Waals surface area contributed by atoms with Crippen LogP contribution in [0.3, 0.4) is 0 Å². The fourth-order valence-corrected chi connectivity index (χ4v) is 7.36. The first kappa shape index (κ1) is 40.3. The van der Waals surface area contributed by atoms with Crippen LogP contribution < -0.4 is 5.32 Å². The number of nitrogens with one attached hydrogen (secondary N) is 1. The van der Waals surface area contributed by atoms with Crippen LogP contribution in [-0.4, -0.2) is 90.6 Å². The number of carbonyl (C=O) groups excluding carboxylic acids is 2. The standard InChI is InChI=1S/C37H49N3O12/c1-8-20(2)18-21(3)14-15-26(42)49-29-28(43)35(17-16-22(4)27(24(6)41)23(5)19-25-12-10-9-11-13-25)51-30(31-39-40-34(38-7)50-31)36(48,32(44)45)37(29,52-35)33(46)47/h9-15,20-21,23,27-30,43,48H,4,8,16-19H2,1-3,5-7H3,(H,38,40)(H,44,45)(H,46,47)/b15-14+/t20-,21+,23+,27+,28+,29+,30+,35-,36+,37-/m0/s1. The quantitative estimate of drug-likeness (QED) is 0.0834. The molecule has 2 aliphatic rings. The Bertz CT molecular complexity index is 1660. The third kappa shape index (κ3) is 7.54. The van der Waals surface area contributed by atoms with Crippen molar-refractivity contribution in [1.29, 1.82) is 0 Å². The van der Waals surface area contributed by atoms with Gasteiger partial charge in [0.05, 0.1) is 0 Å². The van der Waals surface area contributed by atoms with Crippen LogP contribution in [0.4, 0.5) is 6.01 Å².